The van der Waals surface area contributed by atoms with Crippen LogP contribution in [0.25, 0.3) is 0 Å². The zero-order chi connectivity index (χ0) is 25.7. The van der Waals surface area contributed by atoms with Gasteiger partial charge in [-0.25, -0.2) is 4.98 Å². The monoisotopic (exact) mass is 510 g/mol. The Morgan fingerprint density at radius 3 is 2.22 bits per heavy atom. The van der Waals surface area contributed by atoms with E-state index in [1.54, 1.807) is 6.07 Å². The van der Waals surface area contributed by atoms with Gasteiger partial charge in [-0.2, -0.15) is 0 Å². The van der Waals surface area contributed by atoms with Crippen molar-refractivity contribution in [3.63, 3.8) is 0 Å². The third kappa shape index (κ3) is 7.64. The van der Waals surface area contributed by atoms with Crippen LogP contribution in [0.4, 0.5) is 17.2 Å². The molecule has 4 rings (SSSR count). The van der Waals surface area contributed by atoms with E-state index in [4.69, 9.17) is 0 Å². The third-order valence-corrected chi connectivity index (χ3v) is 7.27. The highest BCUT2D eigenvalue weighted by atomic mass is 16.6. The predicted octanol–water partition coefficient (Wildman–Crippen LogP) is 4.54. The summed E-state index contributed by atoms with van der Waals surface area (Å²) in [7, 11) is 0. The van der Waals surface area contributed by atoms with E-state index >= 15 is 0 Å². The minimum Gasteiger partial charge on any atom is -0.369 e. The fraction of sp³-hybridized carbons (Fsp3) is 0.571. The topological polar surface area (TPSA) is 94.8 Å². The molecule has 9 nitrogen and oxygen atoms in total. The van der Waals surface area contributed by atoms with Crippen LogP contribution in [0.1, 0.15) is 53.0 Å². The number of anilines is 2. The molecule has 3 heterocycles. The Morgan fingerprint density at radius 1 is 1.03 bits per heavy atom. The molecule has 0 atom stereocenters. The first kappa shape index (κ1) is 28.4. The van der Waals surface area contributed by atoms with Crippen LogP contribution in [0, 0.1) is 10.1 Å². The maximum absolute atomic E-state index is 12.8. The van der Waals surface area contributed by atoms with Crippen LogP contribution >= 0.6 is 0 Å². The normalized spacial score (nSPS) is 17.3. The Kier molecular flexibility index (Phi) is 9.48. The molecule has 1 aromatic heterocycles. The molecular formula is C28H42N6O3. The van der Waals surface area contributed by atoms with E-state index in [9.17, 15) is 14.9 Å². The van der Waals surface area contributed by atoms with Gasteiger partial charge >= 0.3 is 0 Å². The largest absolute Gasteiger partial charge is 0.369 e. The number of piperazine rings is 1. The molecule has 2 fully saturated rings. The molecule has 2 aromatic rings. The van der Waals surface area contributed by atoms with E-state index in [-0.39, 0.29) is 30.5 Å². The first-order valence-corrected chi connectivity index (χ1v) is 12.9. The van der Waals surface area contributed by atoms with Gasteiger partial charge in [0.05, 0.1) is 4.92 Å². The number of aromatic nitrogens is 1. The maximum Gasteiger partial charge on any atom is 0.287 e. The number of pyridine rings is 1. The van der Waals surface area contributed by atoms with Gasteiger partial charge < -0.3 is 15.1 Å². The van der Waals surface area contributed by atoms with Gasteiger partial charge in [-0.3, -0.25) is 19.8 Å². The van der Waals surface area contributed by atoms with Gasteiger partial charge in [0, 0.05) is 70.0 Å². The quantitative estimate of drug-likeness (QED) is 0.432. The van der Waals surface area contributed by atoms with Gasteiger partial charge in [0.1, 0.15) is 12.0 Å². The van der Waals surface area contributed by atoms with Gasteiger partial charge in [0.15, 0.2) is 0 Å². The van der Waals surface area contributed by atoms with E-state index in [2.05, 4.69) is 65.1 Å². The fourth-order valence-corrected chi connectivity index (χ4v) is 4.88. The molecule has 0 unspecified atom stereocenters. The second kappa shape index (κ2) is 12.4. The average Bonchev–Trinajstić information content (AvgIpc) is 2.88. The highest BCUT2D eigenvalue weighted by Gasteiger charge is 2.24. The van der Waals surface area contributed by atoms with Gasteiger partial charge in [0.25, 0.3) is 5.69 Å². The lowest BCUT2D eigenvalue weighted by atomic mass is 9.87. The summed E-state index contributed by atoms with van der Waals surface area (Å²) in [5.41, 5.74) is 2.78. The minimum atomic E-state index is -0.452. The summed E-state index contributed by atoms with van der Waals surface area (Å²) in [6.07, 6.45) is 3.51. The molecule has 1 amide bonds. The van der Waals surface area contributed by atoms with Gasteiger partial charge in [-0.1, -0.05) is 40.3 Å². The molecule has 2 aliphatic rings. The highest BCUT2D eigenvalue weighted by Crippen LogP contribution is 2.25. The molecule has 0 radical (unpaired) electrons. The Morgan fingerprint density at radius 2 is 1.68 bits per heavy atom. The number of nitrogens with zero attached hydrogens (tertiary/aromatic N) is 5. The number of piperidine rings is 1. The SMILES string of the molecule is C.CC(C)(C)c1ccc(N2CCN(CCC(=O)N3CCC(Nc4ccc([N+](=O)[O-])cn4)CC3)CC2)cc1. The summed E-state index contributed by atoms with van der Waals surface area (Å²) in [6.45, 7) is 12.9. The van der Waals surface area contributed by atoms with Crippen LogP contribution in [0.15, 0.2) is 42.6 Å². The molecule has 1 N–H and O–H groups in total. The Bertz CT molecular complexity index is 1020. The smallest absolute Gasteiger partial charge is 0.287 e. The molecule has 37 heavy (non-hydrogen) atoms. The molecule has 202 valence electrons. The fourth-order valence-electron chi connectivity index (χ4n) is 4.88. The predicted molar refractivity (Wildman–Crippen MR) is 149 cm³/mol. The van der Waals surface area contributed by atoms with Gasteiger partial charge in [-0.15, -0.1) is 0 Å². The van der Waals surface area contributed by atoms with Crippen molar-refractivity contribution in [3.05, 3.63) is 58.3 Å². The number of hydrogen-bond donors (Lipinski definition) is 1. The van der Waals surface area contributed by atoms with E-state index < -0.39 is 4.92 Å². The lowest BCUT2D eigenvalue weighted by Crippen LogP contribution is -2.48. The van der Waals surface area contributed by atoms with Crippen molar-refractivity contribution in [2.24, 2.45) is 0 Å². The van der Waals surface area contributed by atoms with E-state index in [0.717, 1.165) is 58.7 Å². The zero-order valence-corrected chi connectivity index (χ0v) is 21.7. The van der Waals surface area contributed by atoms with Crippen LogP contribution < -0.4 is 10.2 Å². The van der Waals surface area contributed by atoms with Crippen molar-refractivity contribution < 1.29 is 9.72 Å². The molecule has 2 aliphatic heterocycles. The summed E-state index contributed by atoms with van der Waals surface area (Å²) in [5.74, 6) is 0.858. The standard InChI is InChI=1S/C27H38N6O3.CH4/c1-27(2,3)21-4-6-23(7-5-21)31-18-16-30(17-19-31)13-12-26(34)32-14-10-22(11-15-32)29-25-9-8-24(20-28-25)33(35)36;/h4-9,20,22H,10-19H2,1-3H3,(H,28,29);1H4. The molecule has 1 aromatic carbocycles. The van der Waals surface area contributed by atoms with Crippen molar-refractivity contribution in [1.29, 1.82) is 0 Å². The number of likely N-dealkylation sites (tertiary alicyclic amines) is 1. The molecule has 2 saturated heterocycles. The molecule has 9 heteroatoms. The molecule has 0 bridgehead atoms. The van der Waals surface area contributed by atoms with E-state index in [1.807, 2.05) is 4.90 Å². The van der Waals surface area contributed by atoms with Crippen LogP contribution in [-0.4, -0.2) is 77.5 Å². The zero-order valence-electron chi connectivity index (χ0n) is 21.7. The number of nitro groups is 1. The molecular weight excluding hydrogens is 468 g/mol. The van der Waals surface area contributed by atoms with E-state index in [1.165, 1.54) is 23.5 Å². The lowest BCUT2D eigenvalue weighted by Gasteiger charge is -2.37. The Hall–Kier alpha value is -3.20. The Labute approximate surface area is 221 Å². The van der Waals surface area contributed by atoms with Crippen molar-refractivity contribution >= 4 is 23.1 Å². The summed E-state index contributed by atoms with van der Waals surface area (Å²) < 4.78 is 0. The number of hydrogen-bond acceptors (Lipinski definition) is 7. The first-order chi connectivity index (χ1) is 17.2. The highest BCUT2D eigenvalue weighted by molar-refractivity contribution is 5.76. The number of carbonyl (C=O) groups excluding carboxylic acids is 1. The van der Waals surface area contributed by atoms with Gasteiger partial charge in [0.2, 0.25) is 5.91 Å². The average molecular weight is 511 g/mol. The van der Waals surface area contributed by atoms with Crippen molar-refractivity contribution in [2.45, 2.75) is 58.9 Å². The summed E-state index contributed by atoms with van der Waals surface area (Å²) in [5, 5.41) is 14.1. The maximum atomic E-state index is 12.8. The number of carbonyl (C=O) groups is 1. The molecule has 0 spiro atoms. The van der Waals surface area contributed by atoms with Crippen LogP contribution in [0.3, 0.4) is 0 Å². The lowest BCUT2D eigenvalue weighted by molar-refractivity contribution is -0.385. The van der Waals surface area contributed by atoms with Crippen molar-refractivity contribution in [2.75, 3.05) is 56.0 Å². The second-order valence-electron chi connectivity index (χ2n) is 10.8. The third-order valence-electron chi connectivity index (χ3n) is 7.27. The van der Waals surface area contributed by atoms with Crippen LogP contribution in [0.2, 0.25) is 0 Å². The second-order valence-corrected chi connectivity index (χ2v) is 10.8. The molecule has 0 saturated carbocycles. The van der Waals surface area contributed by atoms with Crippen LogP contribution in [-0.2, 0) is 10.2 Å². The Balaban J connectivity index is 0.00000380. The number of amides is 1. The van der Waals surface area contributed by atoms with Crippen molar-refractivity contribution in [3.8, 4) is 0 Å². The number of nitrogens with one attached hydrogen (secondary N) is 1. The minimum absolute atomic E-state index is 0. The number of rotatable bonds is 7. The first-order valence-electron chi connectivity index (χ1n) is 12.9. The van der Waals surface area contributed by atoms with E-state index in [0.29, 0.717) is 12.2 Å². The molecule has 0 aliphatic carbocycles. The van der Waals surface area contributed by atoms with Crippen molar-refractivity contribution in [1.82, 2.24) is 14.8 Å². The number of benzene rings is 1. The summed E-state index contributed by atoms with van der Waals surface area (Å²) in [6, 6.07) is 12.2. The summed E-state index contributed by atoms with van der Waals surface area (Å²) >= 11 is 0. The van der Waals surface area contributed by atoms with Crippen LogP contribution in [0.5, 0.6) is 0 Å². The van der Waals surface area contributed by atoms with Gasteiger partial charge in [-0.05, 0) is 42.0 Å². The summed E-state index contributed by atoms with van der Waals surface area (Å²) in [4.78, 5) is 34.0.